The summed E-state index contributed by atoms with van der Waals surface area (Å²) in [5.74, 6) is 0.584. The maximum atomic E-state index is 11.7. The first-order valence-corrected chi connectivity index (χ1v) is 9.74. The minimum Gasteiger partial charge on any atom is -0.378 e. The Balaban J connectivity index is 1.60. The van der Waals surface area contributed by atoms with Crippen LogP contribution in [0.25, 0.3) is 10.9 Å². The van der Waals surface area contributed by atoms with E-state index in [0.717, 1.165) is 12.0 Å². The third-order valence-electron chi connectivity index (χ3n) is 4.90. The van der Waals surface area contributed by atoms with Gasteiger partial charge in [-0.25, -0.2) is 9.97 Å². The number of halogens is 1. The fourth-order valence-corrected chi connectivity index (χ4v) is 3.53. The lowest BCUT2D eigenvalue weighted by atomic mass is 10.1. The number of benzene rings is 2. The molecule has 0 radical (unpaired) electrons. The van der Waals surface area contributed by atoms with Crippen molar-refractivity contribution < 1.29 is 9.66 Å². The van der Waals surface area contributed by atoms with Crippen LogP contribution in [-0.2, 0) is 11.2 Å². The van der Waals surface area contributed by atoms with E-state index in [9.17, 15) is 10.1 Å². The largest absolute Gasteiger partial charge is 0.378 e. The third-order valence-corrected chi connectivity index (χ3v) is 5.15. The predicted octanol–water partition coefficient (Wildman–Crippen LogP) is 3.68. The summed E-state index contributed by atoms with van der Waals surface area (Å²) >= 11 is 5.92. The Labute approximate surface area is 172 Å². The van der Waals surface area contributed by atoms with Crippen LogP contribution in [0.2, 0.25) is 5.02 Å². The Hall–Kier alpha value is -2.97. The molecule has 0 aliphatic carbocycles. The van der Waals surface area contributed by atoms with Gasteiger partial charge in [0, 0.05) is 36.1 Å². The van der Waals surface area contributed by atoms with E-state index in [-0.39, 0.29) is 10.6 Å². The van der Waals surface area contributed by atoms with E-state index in [0.29, 0.717) is 60.3 Å². The zero-order chi connectivity index (χ0) is 20.2. The molecule has 1 aliphatic rings. The van der Waals surface area contributed by atoms with Crippen molar-refractivity contribution in [2.75, 3.05) is 43.1 Å². The van der Waals surface area contributed by atoms with Gasteiger partial charge in [0.2, 0.25) is 0 Å². The lowest BCUT2D eigenvalue weighted by molar-refractivity contribution is -0.384. The van der Waals surface area contributed by atoms with Crippen LogP contribution in [0.1, 0.15) is 5.56 Å². The zero-order valence-electron chi connectivity index (χ0n) is 15.7. The average molecular weight is 414 g/mol. The number of nitrogens with zero attached hydrogens (tertiary/aromatic N) is 4. The summed E-state index contributed by atoms with van der Waals surface area (Å²) in [5.41, 5.74) is 2.42. The molecule has 3 aromatic rings. The number of hydrogen-bond acceptors (Lipinski definition) is 7. The van der Waals surface area contributed by atoms with Gasteiger partial charge in [0.15, 0.2) is 0 Å². The van der Waals surface area contributed by atoms with Crippen LogP contribution in [0.15, 0.2) is 42.7 Å². The quantitative estimate of drug-likeness (QED) is 0.486. The van der Waals surface area contributed by atoms with Gasteiger partial charge < -0.3 is 15.0 Å². The molecule has 1 N–H and O–H groups in total. The monoisotopic (exact) mass is 413 g/mol. The second-order valence-electron chi connectivity index (χ2n) is 6.74. The van der Waals surface area contributed by atoms with Crippen molar-refractivity contribution in [1.29, 1.82) is 0 Å². The van der Waals surface area contributed by atoms with Gasteiger partial charge in [0.25, 0.3) is 5.69 Å². The van der Waals surface area contributed by atoms with E-state index in [1.165, 1.54) is 6.33 Å². The van der Waals surface area contributed by atoms with Crippen molar-refractivity contribution >= 4 is 39.7 Å². The van der Waals surface area contributed by atoms with Crippen molar-refractivity contribution in [2.45, 2.75) is 6.42 Å². The maximum absolute atomic E-state index is 11.7. The van der Waals surface area contributed by atoms with Crippen molar-refractivity contribution in [2.24, 2.45) is 0 Å². The molecule has 0 saturated carbocycles. The molecule has 0 spiro atoms. The van der Waals surface area contributed by atoms with Gasteiger partial charge in [-0.3, -0.25) is 10.1 Å². The van der Waals surface area contributed by atoms with E-state index in [1.807, 2.05) is 29.2 Å². The van der Waals surface area contributed by atoms with Crippen molar-refractivity contribution in [3.63, 3.8) is 0 Å². The second kappa shape index (κ2) is 8.59. The first-order valence-electron chi connectivity index (χ1n) is 9.36. The van der Waals surface area contributed by atoms with E-state index in [1.54, 1.807) is 12.1 Å². The number of aromatic nitrogens is 2. The molecule has 1 aliphatic heterocycles. The summed E-state index contributed by atoms with van der Waals surface area (Å²) in [5, 5.41) is 16.3. The molecule has 8 nitrogen and oxygen atoms in total. The molecule has 0 unspecified atom stereocenters. The minimum atomic E-state index is -0.352. The van der Waals surface area contributed by atoms with E-state index >= 15 is 0 Å². The fourth-order valence-electron chi connectivity index (χ4n) is 3.40. The van der Waals surface area contributed by atoms with Gasteiger partial charge in [-0.15, -0.1) is 0 Å². The highest BCUT2D eigenvalue weighted by atomic mass is 35.5. The Kier molecular flexibility index (Phi) is 5.73. The van der Waals surface area contributed by atoms with Crippen LogP contribution in [-0.4, -0.2) is 47.7 Å². The predicted molar refractivity (Wildman–Crippen MR) is 113 cm³/mol. The van der Waals surface area contributed by atoms with Crippen molar-refractivity contribution in [1.82, 2.24) is 9.97 Å². The van der Waals surface area contributed by atoms with E-state index in [2.05, 4.69) is 15.3 Å². The van der Waals surface area contributed by atoms with Gasteiger partial charge in [-0.1, -0.05) is 23.7 Å². The Bertz CT molecular complexity index is 1020. The molecular weight excluding hydrogens is 394 g/mol. The highest BCUT2D eigenvalue weighted by molar-refractivity contribution is 6.30. The standard InChI is InChI=1S/C20H20ClN5O3/c21-15-3-1-14(2-4-15)5-6-22-20-16-11-19(26(27)28)18(12-17(16)23-13-24-20)25-7-9-29-10-8-25/h1-4,11-13H,5-10H2,(H,22,23,24). The van der Waals surface area contributed by atoms with Crippen LogP contribution < -0.4 is 10.2 Å². The lowest BCUT2D eigenvalue weighted by Gasteiger charge is -2.28. The number of ether oxygens (including phenoxy) is 1. The number of hydrogen-bond donors (Lipinski definition) is 1. The normalized spacial score (nSPS) is 14.2. The van der Waals surface area contributed by atoms with Crippen LogP contribution in [0.5, 0.6) is 0 Å². The van der Waals surface area contributed by atoms with Crippen molar-refractivity contribution in [3.05, 3.63) is 63.4 Å². The maximum Gasteiger partial charge on any atom is 0.293 e. The van der Waals surface area contributed by atoms with E-state index in [4.69, 9.17) is 16.3 Å². The van der Waals surface area contributed by atoms with Gasteiger partial charge in [0.1, 0.15) is 17.8 Å². The number of morpholine rings is 1. The van der Waals surface area contributed by atoms with Crippen LogP contribution in [0.4, 0.5) is 17.2 Å². The van der Waals surface area contributed by atoms with Gasteiger partial charge >= 0.3 is 0 Å². The highest BCUT2D eigenvalue weighted by Crippen LogP contribution is 2.34. The number of nitro benzene ring substituents is 1. The number of nitrogens with one attached hydrogen (secondary N) is 1. The second-order valence-corrected chi connectivity index (χ2v) is 7.18. The summed E-state index contributed by atoms with van der Waals surface area (Å²) in [6.45, 7) is 2.97. The van der Waals surface area contributed by atoms with Crippen molar-refractivity contribution in [3.8, 4) is 0 Å². The van der Waals surface area contributed by atoms with Crippen LogP contribution >= 0.6 is 11.6 Å². The topological polar surface area (TPSA) is 93.4 Å². The highest BCUT2D eigenvalue weighted by Gasteiger charge is 2.23. The van der Waals surface area contributed by atoms with E-state index < -0.39 is 0 Å². The molecule has 150 valence electrons. The van der Waals surface area contributed by atoms with Gasteiger partial charge in [0.05, 0.1) is 23.7 Å². The first-order chi connectivity index (χ1) is 14.1. The molecule has 9 heteroatoms. The summed E-state index contributed by atoms with van der Waals surface area (Å²) in [6, 6.07) is 11.0. The van der Waals surface area contributed by atoms with Crippen LogP contribution in [0, 0.1) is 10.1 Å². The Morgan fingerprint density at radius 3 is 2.66 bits per heavy atom. The summed E-state index contributed by atoms with van der Waals surface area (Å²) in [4.78, 5) is 22.0. The minimum absolute atomic E-state index is 0.0509. The molecule has 2 aromatic carbocycles. The molecule has 2 heterocycles. The first kappa shape index (κ1) is 19.4. The molecule has 4 rings (SSSR count). The molecule has 29 heavy (non-hydrogen) atoms. The number of rotatable bonds is 6. The Morgan fingerprint density at radius 1 is 1.17 bits per heavy atom. The summed E-state index contributed by atoms with van der Waals surface area (Å²) in [7, 11) is 0. The average Bonchev–Trinajstić information content (AvgIpc) is 2.75. The Morgan fingerprint density at radius 2 is 1.93 bits per heavy atom. The summed E-state index contributed by atoms with van der Waals surface area (Å²) < 4.78 is 5.36. The molecule has 1 fully saturated rings. The number of anilines is 2. The number of fused-ring (bicyclic) bond motifs is 1. The number of nitro groups is 1. The molecule has 1 aromatic heterocycles. The fraction of sp³-hybridized carbons (Fsp3) is 0.300. The smallest absolute Gasteiger partial charge is 0.293 e. The zero-order valence-corrected chi connectivity index (χ0v) is 16.4. The molecule has 0 atom stereocenters. The molecular formula is C20H20ClN5O3. The molecule has 1 saturated heterocycles. The van der Waals surface area contributed by atoms with Gasteiger partial charge in [-0.05, 0) is 30.2 Å². The van der Waals surface area contributed by atoms with Crippen LogP contribution in [0.3, 0.4) is 0 Å². The molecule has 0 bridgehead atoms. The van der Waals surface area contributed by atoms with Gasteiger partial charge in [-0.2, -0.15) is 0 Å². The SMILES string of the molecule is O=[N+]([O-])c1cc2c(NCCc3ccc(Cl)cc3)ncnc2cc1N1CCOCC1. The summed E-state index contributed by atoms with van der Waals surface area (Å²) in [6.07, 6.45) is 2.25. The lowest BCUT2D eigenvalue weighted by Crippen LogP contribution is -2.36. The molecule has 0 amide bonds. The third kappa shape index (κ3) is 4.38.